The molecule has 1 aromatic carbocycles. The van der Waals surface area contributed by atoms with Gasteiger partial charge < -0.3 is 19.6 Å². The molecule has 0 bridgehead atoms. The van der Waals surface area contributed by atoms with Crippen molar-refractivity contribution in [2.75, 3.05) is 5.32 Å². The van der Waals surface area contributed by atoms with Gasteiger partial charge in [-0.05, 0) is 31.2 Å². The highest BCUT2D eigenvalue weighted by atomic mass is 35.5. The van der Waals surface area contributed by atoms with Crippen LogP contribution in [0.25, 0.3) is 0 Å². The summed E-state index contributed by atoms with van der Waals surface area (Å²) in [6.07, 6.45) is 0.0201. The Bertz CT molecular complexity index is 926. The molecule has 11 heteroatoms. The Hall–Kier alpha value is -2.56. The van der Waals surface area contributed by atoms with Crippen LogP contribution in [-0.2, 0) is 26.1 Å². The first-order valence-electron chi connectivity index (χ1n) is 7.16. The third kappa shape index (κ3) is 4.75. The van der Waals surface area contributed by atoms with Gasteiger partial charge >= 0.3 is 11.9 Å². The third-order valence-corrected chi connectivity index (χ3v) is 4.64. The second kappa shape index (κ2) is 7.77. The van der Waals surface area contributed by atoms with E-state index in [4.69, 9.17) is 31.0 Å². The molecule has 0 saturated heterocycles. The number of benzene rings is 1. The highest BCUT2D eigenvalue weighted by molar-refractivity contribution is 7.89. The maximum absolute atomic E-state index is 12.3. The molecule has 0 spiro atoms. The Kier molecular flexibility index (Phi) is 5.90. The summed E-state index contributed by atoms with van der Waals surface area (Å²) in [5, 5.41) is 16.6. The number of halogens is 1. The lowest BCUT2D eigenvalue weighted by atomic mass is 10.1. The van der Waals surface area contributed by atoms with Crippen molar-refractivity contribution in [3.63, 3.8) is 0 Å². The van der Waals surface area contributed by atoms with Crippen molar-refractivity contribution in [2.24, 2.45) is 5.14 Å². The first-order chi connectivity index (χ1) is 12.1. The number of ether oxygens (including phenoxy) is 1. The molecule has 0 fully saturated rings. The number of carbonyl (C=O) groups excluding carboxylic acids is 1. The standard InChI is InChI=1S/C15H15ClN2O7S/c1-8(14(19)20)25-15(21)10-5-13(26(17,22)23)11(16)6-12(10)18-7-9-3-2-4-24-9/h2-6,8,18H,7H2,1H3,(H,19,20)(H2,17,22,23). The Balaban J connectivity index is 2.42. The molecule has 0 aliphatic rings. The molecule has 0 aliphatic heterocycles. The van der Waals surface area contributed by atoms with Crippen LogP contribution in [0.3, 0.4) is 0 Å². The summed E-state index contributed by atoms with van der Waals surface area (Å²) in [7, 11) is -4.21. The van der Waals surface area contributed by atoms with E-state index in [1.54, 1.807) is 12.1 Å². The predicted octanol–water partition coefficient (Wildman–Crippen LogP) is 1.82. The number of primary sulfonamides is 1. The van der Waals surface area contributed by atoms with E-state index < -0.39 is 33.0 Å². The summed E-state index contributed by atoms with van der Waals surface area (Å²) in [4.78, 5) is 22.7. The lowest BCUT2D eigenvalue weighted by Gasteiger charge is -2.15. The van der Waals surface area contributed by atoms with Gasteiger partial charge in [-0.2, -0.15) is 0 Å². The number of hydrogen-bond donors (Lipinski definition) is 3. The van der Waals surface area contributed by atoms with E-state index in [9.17, 15) is 18.0 Å². The largest absolute Gasteiger partial charge is 0.479 e. The summed E-state index contributed by atoms with van der Waals surface area (Å²) in [5.41, 5.74) is -0.112. The summed E-state index contributed by atoms with van der Waals surface area (Å²) in [6.45, 7) is 1.32. The van der Waals surface area contributed by atoms with Crippen LogP contribution >= 0.6 is 11.6 Å². The topological polar surface area (TPSA) is 149 Å². The molecular formula is C15H15ClN2O7S. The number of carboxylic acids is 1. The number of esters is 1. The molecular weight excluding hydrogens is 388 g/mol. The molecule has 0 amide bonds. The van der Waals surface area contributed by atoms with Gasteiger partial charge in [-0.15, -0.1) is 0 Å². The van der Waals surface area contributed by atoms with E-state index >= 15 is 0 Å². The lowest BCUT2D eigenvalue weighted by molar-refractivity contribution is -0.146. The van der Waals surface area contributed by atoms with Crippen LogP contribution in [-0.4, -0.2) is 31.6 Å². The van der Waals surface area contributed by atoms with Crippen molar-refractivity contribution in [1.29, 1.82) is 0 Å². The molecule has 9 nitrogen and oxygen atoms in total. The van der Waals surface area contributed by atoms with Gasteiger partial charge in [0.05, 0.1) is 29.1 Å². The number of carboxylic acid groups (broad SMARTS) is 1. The van der Waals surface area contributed by atoms with Crippen molar-refractivity contribution >= 4 is 39.3 Å². The molecule has 2 aromatic rings. The Morgan fingerprint density at radius 2 is 2.12 bits per heavy atom. The summed E-state index contributed by atoms with van der Waals surface area (Å²) < 4.78 is 33.2. The van der Waals surface area contributed by atoms with E-state index in [-0.39, 0.29) is 22.8 Å². The second-order valence-corrected chi connectivity index (χ2v) is 7.13. The van der Waals surface area contributed by atoms with Crippen molar-refractivity contribution in [1.82, 2.24) is 0 Å². The smallest absolute Gasteiger partial charge is 0.344 e. The number of sulfonamides is 1. The first-order valence-corrected chi connectivity index (χ1v) is 9.08. The molecule has 0 saturated carbocycles. The molecule has 26 heavy (non-hydrogen) atoms. The van der Waals surface area contributed by atoms with Gasteiger partial charge in [0.1, 0.15) is 10.7 Å². The number of aliphatic carboxylic acids is 1. The van der Waals surface area contributed by atoms with Crippen LogP contribution < -0.4 is 10.5 Å². The van der Waals surface area contributed by atoms with Gasteiger partial charge in [0.25, 0.3) is 0 Å². The van der Waals surface area contributed by atoms with Gasteiger partial charge in [-0.1, -0.05) is 11.6 Å². The number of hydrogen-bond acceptors (Lipinski definition) is 7. The number of rotatable bonds is 7. The minimum absolute atomic E-state index is 0.126. The van der Waals surface area contributed by atoms with E-state index in [2.05, 4.69) is 5.32 Å². The molecule has 0 aliphatic carbocycles. The van der Waals surface area contributed by atoms with E-state index in [0.29, 0.717) is 5.76 Å². The van der Waals surface area contributed by atoms with Gasteiger partial charge in [0.2, 0.25) is 10.0 Å². The fraction of sp³-hybridized carbons (Fsp3) is 0.200. The zero-order valence-electron chi connectivity index (χ0n) is 13.4. The molecule has 0 radical (unpaired) electrons. The first kappa shape index (κ1) is 19.8. The molecule has 1 atom stereocenters. The molecule has 4 N–H and O–H groups in total. The average molecular weight is 403 g/mol. The van der Waals surface area contributed by atoms with E-state index in [0.717, 1.165) is 13.0 Å². The number of carbonyl (C=O) groups is 2. The minimum Gasteiger partial charge on any atom is -0.479 e. The predicted molar refractivity (Wildman–Crippen MR) is 91.4 cm³/mol. The Morgan fingerprint density at radius 3 is 2.65 bits per heavy atom. The number of anilines is 1. The quantitative estimate of drug-likeness (QED) is 0.593. The Labute approximate surface area is 153 Å². The summed E-state index contributed by atoms with van der Waals surface area (Å²) >= 11 is 5.94. The van der Waals surface area contributed by atoms with Crippen molar-refractivity contribution in [2.45, 2.75) is 24.5 Å². The zero-order chi connectivity index (χ0) is 19.5. The van der Waals surface area contributed by atoms with Crippen LogP contribution in [0.4, 0.5) is 5.69 Å². The van der Waals surface area contributed by atoms with E-state index in [1.165, 1.54) is 12.3 Å². The van der Waals surface area contributed by atoms with Crippen LogP contribution in [0.5, 0.6) is 0 Å². The molecule has 1 heterocycles. The van der Waals surface area contributed by atoms with Crippen molar-refractivity contribution < 1.29 is 32.3 Å². The number of nitrogens with one attached hydrogen (secondary N) is 1. The van der Waals surface area contributed by atoms with Gasteiger partial charge in [-0.3, -0.25) is 0 Å². The number of furan rings is 1. The molecule has 1 aromatic heterocycles. The van der Waals surface area contributed by atoms with Gasteiger partial charge in [0, 0.05) is 0 Å². The van der Waals surface area contributed by atoms with E-state index in [1.807, 2.05) is 0 Å². The van der Waals surface area contributed by atoms with Gasteiger partial charge in [0.15, 0.2) is 6.10 Å². The number of nitrogens with two attached hydrogens (primary N) is 1. The highest BCUT2D eigenvalue weighted by Gasteiger charge is 2.24. The average Bonchev–Trinajstić information content (AvgIpc) is 3.04. The maximum Gasteiger partial charge on any atom is 0.344 e. The Morgan fingerprint density at radius 1 is 1.42 bits per heavy atom. The van der Waals surface area contributed by atoms with Crippen LogP contribution in [0.1, 0.15) is 23.0 Å². The van der Waals surface area contributed by atoms with Gasteiger partial charge in [-0.25, -0.2) is 23.1 Å². The molecule has 1 unspecified atom stereocenters. The monoisotopic (exact) mass is 402 g/mol. The third-order valence-electron chi connectivity index (χ3n) is 3.26. The molecule has 2 rings (SSSR count). The minimum atomic E-state index is -4.21. The normalized spacial score (nSPS) is 12.4. The fourth-order valence-corrected chi connectivity index (χ4v) is 3.06. The fourth-order valence-electron chi connectivity index (χ4n) is 1.96. The van der Waals surface area contributed by atoms with Crippen LogP contribution in [0.15, 0.2) is 39.8 Å². The van der Waals surface area contributed by atoms with Crippen molar-refractivity contribution in [3.05, 3.63) is 46.9 Å². The van der Waals surface area contributed by atoms with Crippen molar-refractivity contribution in [3.8, 4) is 0 Å². The lowest BCUT2D eigenvalue weighted by Crippen LogP contribution is -2.24. The summed E-state index contributed by atoms with van der Waals surface area (Å²) in [6, 6.07) is 5.46. The molecule has 140 valence electrons. The second-order valence-electron chi connectivity index (χ2n) is 5.19. The zero-order valence-corrected chi connectivity index (χ0v) is 15.0. The van der Waals surface area contributed by atoms with Crippen LogP contribution in [0, 0.1) is 0 Å². The summed E-state index contributed by atoms with van der Waals surface area (Å²) in [5.74, 6) is -1.87. The highest BCUT2D eigenvalue weighted by Crippen LogP contribution is 2.29. The SMILES string of the molecule is CC(OC(=O)c1cc(S(N)(=O)=O)c(Cl)cc1NCc1ccco1)C(=O)O. The maximum atomic E-state index is 12.3. The van der Waals surface area contributed by atoms with Crippen LogP contribution in [0.2, 0.25) is 5.02 Å².